The van der Waals surface area contributed by atoms with Gasteiger partial charge < -0.3 is 5.32 Å². The van der Waals surface area contributed by atoms with Gasteiger partial charge in [0.1, 0.15) is 11.0 Å². The average Bonchev–Trinajstić information content (AvgIpc) is 2.38. The van der Waals surface area contributed by atoms with Gasteiger partial charge in [-0.3, -0.25) is 4.79 Å². The van der Waals surface area contributed by atoms with Crippen LogP contribution in [0.15, 0.2) is 36.4 Å². The fourth-order valence-corrected chi connectivity index (χ4v) is 1.75. The van der Waals surface area contributed by atoms with Crippen molar-refractivity contribution in [2.24, 2.45) is 0 Å². The van der Waals surface area contributed by atoms with Crippen LogP contribution >= 0.6 is 23.2 Å². The summed E-state index contributed by atoms with van der Waals surface area (Å²) in [6, 6.07) is 10.9. The van der Waals surface area contributed by atoms with E-state index in [4.69, 9.17) is 23.2 Å². The molecule has 0 unspecified atom stereocenters. The molecule has 92 valence electrons. The molecule has 18 heavy (non-hydrogen) atoms. The van der Waals surface area contributed by atoms with Crippen LogP contribution in [-0.4, -0.2) is 11.3 Å². The maximum absolute atomic E-state index is 10.6. The van der Waals surface area contributed by atoms with E-state index in [1.165, 1.54) is 0 Å². The van der Waals surface area contributed by atoms with Gasteiger partial charge in [0.05, 0.1) is 5.56 Å². The van der Waals surface area contributed by atoms with Gasteiger partial charge >= 0.3 is 0 Å². The minimum atomic E-state index is 0.200. The van der Waals surface area contributed by atoms with E-state index < -0.39 is 0 Å². The number of nitrogens with zero attached hydrogens (tertiary/aromatic N) is 1. The van der Waals surface area contributed by atoms with Crippen molar-refractivity contribution in [2.75, 3.05) is 5.32 Å². The van der Waals surface area contributed by atoms with Gasteiger partial charge in [0.15, 0.2) is 6.29 Å². The third kappa shape index (κ3) is 3.22. The summed E-state index contributed by atoms with van der Waals surface area (Å²) in [7, 11) is 0. The molecule has 0 fully saturated rings. The lowest BCUT2D eigenvalue weighted by molar-refractivity contribution is 0.112. The van der Waals surface area contributed by atoms with Gasteiger partial charge in [0.25, 0.3) is 0 Å². The predicted molar refractivity (Wildman–Crippen MR) is 73.4 cm³/mol. The molecule has 1 heterocycles. The Kier molecular flexibility index (Phi) is 4.18. The number of halogens is 2. The molecule has 0 saturated carbocycles. The molecule has 0 aliphatic rings. The van der Waals surface area contributed by atoms with Crippen LogP contribution in [-0.2, 0) is 6.54 Å². The summed E-state index contributed by atoms with van der Waals surface area (Å²) >= 11 is 11.6. The molecule has 0 aliphatic carbocycles. The van der Waals surface area contributed by atoms with E-state index in [1.54, 1.807) is 12.1 Å². The summed E-state index contributed by atoms with van der Waals surface area (Å²) in [5, 5.41) is 4.02. The van der Waals surface area contributed by atoms with Crippen LogP contribution in [0.3, 0.4) is 0 Å². The second-order valence-electron chi connectivity index (χ2n) is 3.67. The van der Waals surface area contributed by atoms with Gasteiger partial charge in [0, 0.05) is 11.6 Å². The van der Waals surface area contributed by atoms with Crippen molar-refractivity contribution in [3.05, 3.63) is 57.7 Å². The molecule has 2 rings (SSSR count). The SMILES string of the molecule is O=Cc1ccc(NCc2ccc(Cl)cc2)nc1Cl. The largest absolute Gasteiger partial charge is 0.366 e. The monoisotopic (exact) mass is 280 g/mol. The highest BCUT2D eigenvalue weighted by molar-refractivity contribution is 6.31. The van der Waals surface area contributed by atoms with Gasteiger partial charge in [-0.05, 0) is 29.8 Å². The first-order chi connectivity index (χ1) is 8.69. The van der Waals surface area contributed by atoms with E-state index in [0.29, 0.717) is 29.2 Å². The van der Waals surface area contributed by atoms with E-state index >= 15 is 0 Å². The fraction of sp³-hybridized carbons (Fsp3) is 0.0769. The zero-order chi connectivity index (χ0) is 13.0. The number of anilines is 1. The number of nitrogens with one attached hydrogen (secondary N) is 1. The predicted octanol–water partition coefficient (Wildman–Crippen LogP) is 3.81. The Morgan fingerprint density at radius 2 is 1.83 bits per heavy atom. The zero-order valence-electron chi connectivity index (χ0n) is 9.36. The second kappa shape index (κ2) is 5.85. The number of aldehydes is 1. The molecule has 0 bridgehead atoms. The Labute approximate surface area is 115 Å². The molecule has 0 aliphatic heterocycles. The Balaban J connectivity index is 2.04. The van der Waals surface area contributed by atoms with Crippen molar-refractivity contribution in [2.45, 2.75) is 6.54 Å². The smallest absolute Gasteiger partial charge is 0.153 e. The summed E-state index contributed by atoms with van der Waals surface area (Å²) in [5.41, 5.74) is 1.46. The highest BCUT2D eigenvalue weighted by Gasteiger charge is 2.02. The number of pyridine rings is 1. The second-order valence-corrected chi connectivity index (χ2v) is 4.47. The van der Waals surface area contributed by atoms with Crippen molar-refractivity contribution >= 4 is 35.3 Å². The van der Waals surface area contributed by atoms with Crippen molar-refractivity contribution in [1.82, 2.24) is 4.98 Å². The van der Waals surface area contributed by atoms with Crippen LogP contribution in [0.2, 0.25) is 10.2 Å². The maximum Gasteiger partial charge on any atom is 0.153 e. The summed E-state index contributed by atoms with van der Waals surface area (Å²) in [6.45, 7) is 0.612. The normalized spacial score (nSPS) is 10.1. The molecule has 0 amide bonds. The van der Waals surface area contributed by atoms with Crippen LogP contribution in [0.4, 0.5) is 5.82 Å². The van der Waals surface area contributed by atoms with Crippen molar-refractivity contribution in [3.8, 4) is 0 Å². The van der Waals surface area contributed by atoms with Crippen LogP contribution in [0.5, 0.6) is 0 Å². The van der Waals surface area contributed by atoms with E-state index in [9.17, 15) is 4.79 Å². The highest BCUT2D eigenvalue weighted by atomic mass is 35.5. The number of benzene rings is 1. The van der Waals surface area contributed by atoms with Crippen LogP contribution in [0.1, 0.15) is 15.9 Å². The summed E-state index contributed by atoms with van der Waals surface area (Å²) in [6.07, 6.45) is 0.679. The maximum atomic E-state index is 10.6. The topological polar surface area (TPSA) is 42.0 Å². The standard InChI is InChI=1S/C13H10Cl2N2O/c14-11-4-1-9(2-5-11)7-16-12-6-3-10(8-18)13(15)17-12/h1-6,8H,7H2,(H,16,17). The Morgan fingerprint density at radius 3 is 2.44 bits per heavy atom. The summed E-state index contributed by atoms with van der Waals surface area (Å²) in [4.78, 5) is 14.7. The number of hydrogen-bond donors (Lipinski definition) is 1. The first-order valence-corrected chi connectivity index (χ1v) is 6.04. The Morgan fingerprint density at radius 1 is 1.11 bits per heavy atom. The number of hydrogen-bond acceptors (Lipinski definition) is 3. The fourth-order valence-electron chi connectivity index (χ4n) is 1.43. The number of aromatic nitrogens is 1. The third-order valence-corrected chi connectivity index (χ3v) is 2.95. The summed E-state index contributed by atoms with van der Waals surface area (Å²) < 4.78 is 0. The molecule has 0 saturated heterocycles. The van der Waals surface area contributed by atoms with E-state index in [-0.39, 0.29) is 5.15 Å². The van der Waals surface area contributed by atoms with E-state index in [2.05, 4.69) is 10.3 Å². The number of carbonyl (C=O) groups excluding carboxylic acids is 1. The van der Waals surface area contributed by atoms with Gasteiger partial charge in [-0.2, -0.15) is 0 Å². The number of rotatable bonds is 4. The average molecular weight is 281 g/mol. The molecule has 1 N–H and O–H groups in total. The van der Waals surface area contributed by atoms with Gasteiger partial charge in [0.2, 0.25) is 0 Å². The molecule has 0 spiro atoms. The first-order valence-electron chi connectivity index (χ1n) is 5.29. The molecule has 1 aromatic carbocycles. The lowest BCUT2D eigenvalue weighted by Crippen LogP contribution is -2.02. The minimum Gasteiger partial charge on any atom is -0.366 e. The Bertz CT molecular complexity index is 555. The molecule has 1 aromatic heterocycles. The quantitative estimate of drug-likeness (QED) is 0.684. The molecule has 5 heteroatoms. The molecule has 2 aromatic rings. The van der Waals surface area contributed by atoms with Crippen LogP contribution in [0, 0.1) is 0 Å². The van der Waals surface area contributed by atoms with E-state index in [1.807, 2.05) is 24.3 Å². The number of carbonyl (C=O) groups is 1. The van der Waals surface area contributed by atoms with Gasteiger partial charge in [-0.1, -0.05) is 35.3 Å². The Hall–Kier alpha value is -1.58. The molecular weight excluding hydrogens is 271 g/mol. The highest BCUT2D eigenvalue weighted by Crippen LogP contribution is 2.16. The summed E-state index contributed by atoms with van der Waals surface area (Å²) in [5.74, 6) is 0.626. The third-order valence-electron chi connectivity index (χ3n) is 2.39. The molecule has 0 radical (unpaired) electrons. The van der Waals surface area contributed by atoms with Gasteiger partial charge in [-0.15, -0.1) is 0 Å². The van der Waals surface area contributed by atoms with Crippen molar-refractivity contribution in [1.29, 1.82) is 0 Å². The van der Waals surface area contributed by atoms with E-state index in [0.717, 1.165) is 5.56 Å². The first kappa shape index (κ1) is 12.9. The molecular formula is C13H10Cl2N2O. The lowest BCUT2D eigenvalue weighted by Gasteiger charge is -2.06. The molecule has 3 nitrogen and oxygen atoms in total. The van der Waals surface area contributed by atoms with Crippen LogP contribution < -0.4 is 5.32 Å². The van der Waals surface area contributed by atoms with Crippen molar-refractivity contribution < 1.29 is 4.79 Å². The molecule has 0 atom stereocenters. The minimum absolute atomic E-state index is 0.200. The van der Waals surface area contributed by atoms with Crippen LogP contribution in [0.25, 0.3) is 0 Å². The van der Waals surface area contributed by atoms with Gasteiger partial charge in [-0.25, -0.2) is 4.98 Å². The van der Waals surface area contributed by atoms with Crippen molar-refractivity contribution in [3.63, 3.8) is 0 Å². The lowest BCUT2D eigenvalue weighted by atomic mass is 10.2. The zero-order valence-corrected chi connectivity index (χ0v) is 10.9.